The van der Waals surface area contributed by atoms with Crippen molar-refractivity contribution in [3.8, 4) is 17.4 Å². The van der Waals surface area contributed by atoms with Crippen molar-refractivity contribution in [1.82, 2.24) is 15.6 Å². The Morgan fingerprint density at radius 2 is 1.69 bits per heavy atom. The molecule has 0 radical (unpaired) electrons. The topological polar surface area (TPSA) is 77.0 Å². The van der Waals surface area contributed by atoms with Crippen molar-refractivity contribution in [3.05, 3.63) is 47.7 Å². The molecule has 1 aromatic carbocycles. The molecule has 0 saturated carbocycles. The number of aliphatic imine (C=N–C) groups is 1. The van der Waals surface area contributed by atoms with Gasteiger partial charge in [-0.3, -0.25) is 4.99 Å². The number of nitrogens with one attached hydrogen (secondary N) is 2. The van der Waals surface area contributed by atoms with E-state index in [4.69, 9.17) is 14.2 Å². The molecule has 0 amide bonds. The van der Waals surface area contributed by atoms with E-state index in [1.165, 1.54) is 0 Å². The van der Waals surface area contributed by atoms with E-state index in [2.05, 4.69) is 20.6 Å². The first-order chi connectivity index (χ1) is 12.7. The zero-order valence-electron chi connectivity index (χ0n) is 15.7. The molecule has 0 atom stereocenters. The van der Waals surface area contributed by atoms with E-state index in [-0.39, 0.29) is 0 Å². The standard InChI is InChI=1S/C19H26N4O3/c1-5-26-18-11-15(8-9-21-18)13-23-19(20-2)22-12-14-6-7-16(24-3)17(10-14)25-4/h6-11H,5,12-13H2,1-4H3,(H2,20,22,23). The highest BCUT2D eigenvalue weighted by Gasteiger charge is 2.06. The van der Waals surface area contributed by atoms with Crippen molar-refractivity contribution in [3.63, 3.8) is 0 Å². The summed E-state index contributed by atoms with van der Waals surface area (Å²) in [4.78, 5) is 8.41. The van der Waals surface area contributed by atoms with Gasteiger partial charge in [-0.25, -0.2) is 4.98 Å². The van der Waals surface area contributed by atoms with Crippen LogP contribution >= 0.6 is 0 Å². The second-order valence-corrected chi connectivity index (χ2v) is 5.40. The Hall–Kier alpha value is -2.96. The molecule has 1 aromatic heterocycles. The SMILES string of the molecule is CCOc1cc(CNC(=NC)NCc2ccc(OC)c(OC)c2)ccn1. The molecule has 2 N–H and O–H groups in total. The number of hydrogen-bond donors (Lipinski definition) is 2. The number of methoxy groups -OCH3 is 2. The third kappa shape index (κ3) is 5.54. The molecule has 0 spiro atoms. The first kappa shape index (κ1) is 19.4. The highest BCUT2D eigenvalue weighted by molar-refractivity contribution is 5.79. The smallest absolute Gasteiger partial charge is 0.213 e. The number of pyridine rings is 1. The minimum atomic E-state index is 0.596. The van der Waals surface area contributed by atoms with Crippen LogP contribution in [-0.4, -0.2) is 38.8 Å². The molecule has 7 nitrogen and oxygen atoms in total. The van der Waals surface area contributed by atoms with Crippen molar-refractivity contribution in [2.45, 2.75) is 20.0 Å². The van der Waals surface area contributed by atoms with Crippen molar-refractivity contribution in [2.24, 2.45) is 4.99 Å². The van der Waals surface area contributed by atoms with Crippen molar-refractivity contribution < 1.29 is 14.2 Å². The van der Waals surface area contributed by atoms with Crippen LogP contribution < -0.4 is 24.8 Å². The summed E-state index contributed by atoms with van der Waals surface area (Å²) in [5.41, 5.74) is 2.13. The minimum Gasteiger partial charge on any atom is -0.493 e. The van der Waals surface area contributed by atoms with E-state index in [0.29, 0.717) is 43.0 Å². The number of benzene rings is 1. The second-order valence-electron chi connectivity index (χ2n) is 5.40. The van der Waals surface area contributed by atoms with Gasteiger partial charge in [-0.05, 0) is 36.2 Å². The fourth-order valence-electron chi connectivity index (χ4n) is 2.37. The second kappa shape index (κ2) is 10.1. The van der Waals surface area contributed by atoms with Crippen LogP contribution in [0, 0.1) is 0 Å². The zero-order valence-corrected chi connectivity index (χ0v) is 15.7. The van der Waals surface area contributed by atoms with Gasteiger partial charge in [-0.1, -0.05) is 6.07 Å². The summed E-state index contributed by atoms with van der Waals surface area (Å²) in [6.45, 7) is 3.76. The third-order valence-corrected chi connectivity index (χ3v) is 3.68. The monoisotopic (exact) mass is 358 g/mol. The van der Waals surface area contributed by atoms with Crippen LogP contribution in [-0.2, 0) is 13.1 Å². The van der Waals surface area contributed by atoms with Crippen LogP contribution in [0.5, 0.6) is 17.4 Å². The molecular weight excluding hydrogens is 332 g/mol. The summed E-state index contributed by atoms with van der Waals surface area (Å²) in [6.07, 6.45) is 1.74. The predicted octanol–water partition coefficient (Wildman–Crippen LogP) is 2.36. The molecule has 2 aromatic rings. The molecule has 0 aliphatic rings. The molecule has 0 bridgehead atoms. The van der Waals surface area contributed by atoms with Gasteiger partial charge in [0.1, 0.15) is 0 Å². The zero-order chi connectivity index (χ0) is 18.8. The average molecular weight is 358 g/mol. The summed E-state index contributed by atoms with van der Waals surface area (Å²) in [6, 6.07) is 9.67. The summed E-state index contributed by atoms with van der Waals surface area (Å²) < 4.78 is 16.0. The van der Waals surface area contributed by atoms with E-state index in [1.807, 2.05) is 37.3 Å². The molecular formula is C19H26N4O3. The fraction of sp³-hybridized carbons (Fsp3) is 0.368. The molecule has 0 unspecified atom stereocenters. The molecule has 0 fully saturated rings. The normalized spacial score (nSPS) is 11.0. The van der Waals surface area contributed by atoms with Gasteiger partial charge >= 0.3 is 0 Å². The van der Waals surface area contributed by atoms with Crippen LogP contribution in [0.1, 0.15) is 18.1 Å². The van der Waals surface area contributed by atoms with Gasteiger partial charge in [-0.15, -0.1) is 0 Å². The number of ether oxygens (including phenoxy) is 3. The van der Waals surface area contributed by atoms with Crippen LogP contribution in [0.25, 0.3) is 0 Å². The fourth-order valence-corrected chi connectivity index (χ4v) is 2.37. The predicted molar refractivity (Wildman–Crippen MR) is 102 cm³/mol. The Labute approximate surface area is 154 Å². The quantitative estimate of drug-likeness (QED) is 0.557. The third-order valence-electron chi connectivity index (χ3n) is 3.68. The lowest BCUT2D eigenvalue weighted by Gasteiger charge is -2.14. The van der Waals surface area contributed by atoms with E-state index in [9.17, 15) is 0 Å². The van der Waals surface area contributed by atoms with Gasteiger partial charge in [0.25, 0.3) is 0 Å². The van der Waals surface area contributed by atoms with Gasteiger partial charge in [0.05, 0.1) is 20.8 Å². The number of nitrogens with zero attached hydrogens (tertiary/aromatic N) is 2. The van der Waals surface area contributed by atoms with E-state index in [1.54, 1.807) is 27.5 Å². The molecule has 0 saturated heterocycles. The Kier molecular flexibility index (Phi) is 7.54. The van der Waals surface area contributed by atoms with Gasteiger partial charge in [0.15, 0.2) is 17.5 Å². The van der Waals surface area contributed by atoms with Crippen LogP contribution in [0.15, 0.2) is 41.5 Å². The lowest BCUT2D eigenvalue weighted by atomic mass is 10.2. The summed E-state index contributed by atoms with van der Waals surface area (Å²) in [7, 11) is 4.99. The van der Waals surface area contributed by atoms with Crippen LogP contribution in [0.3, 0.4) is 0 Å². The first-order valence-electron chi connectivity index (χ1n) is 8.43. The summed E-state index contributed by atoms with van der Waals surface area (Å²) >= 11 is 0. The maximum absolute atomic E-state index is 5.42. The van der Waals surface area contributed by atoms with E-state index < -0.39 is 0 Å². The Morgan fingerprint density at radius 1 is 1.00 bits per heavy atom. The Morgan fingerprint density at radius 3 is 2.31 bits per heavy atom. The lowest BCUT2D eigenvalue weighted by Crippen LogP contribution is -2.36. The Bertz CT molecular complexity index is 734. The van der Waals surface area contributed by atoms with Crippen LogP contribution in [0.4, 0.5) is 0 Å². The molecule has 7 heteroatoms. The summed E-state index contributed by atoms with van der Waals surface area (Å²) in [5, 5.41) is 6.56. The number of aromatic nitrogens is 1. The minimum absolute atomic E-state index is 0.596. The number of rotatable bonds is 8. The van der Waals surface area contributed by atoms with Gasteiger partial charge in [0, 0.05) is 32.4 Å². The maximum Gasteiger partial charge on any atom is 0.213 e. The molecule has 0 aliphatic heterocycles. The molecule has 0 aliphatic carbocycles. The molecule has 26 heavy (non-hydrogen) atoms. The lowest BCUT2D eigenvalue weighted by molar-refractivity contribution is 0.326. The van der Waals surface area contributed by atoms with Gasteiger partial charge in [0.2, 0.25) is 5.88 Å². The number of hydrogen-bond acceptors (Lipinski definition) is 5. The molecule has 1 heterocycles. The molecule has 2 rings (SSSR count). The van der Waals surface area contributed by atoms with Crippen LogP contribution in [0.2, 0.25) is 0 Å². The maximum atomic E-state index is 5.42. The number of guanidine groups is 1. The van der Waals surface area contributed by atoms with Gasteiger partial charge < -0.3 is 24.8 Å². The highest BCUT2D eigenvalue weighted by atomic mass is 16.5. The van der Waals surface area contributed by atoms with Crippen molar-refractivity contribution in [2.75, 3.05) is 27.9 Å². The van der Waals surface area contributed by atoms with E-state index in [0.717, 1.165) is 11.1 Å². The largest absolute Gasteiger partial charge is 0.493 e. The van der Waals surface area contributed by atoms with Crippen molar-refractivity contribution >= 4 is 5.96 Å². The first-order valence-corrected chi connectivity index (χ1v) is 8.43. The highest BCUT2D eigenvalue weighted by Crippen LogP contribution is 2.27. The molecule has 140 valence electrons. The van der Waals surface area contributed by atoms with Crippen molar-refractivity contribution in [1.29, 1.82) is 0 Å². The van der Waals surface area contributed by atoms with E-state index >= 15 is 0 Å². The van der Waals surface area contributed by atoms with Gasteiger partial charge in [-0.2, -0.15) is 0 Å². The summed E-state index contributed by atoms with van der Waals surface area (Å²) in [5.74, 6) is 2.74. The average Bonchev–Trinajstić information content (AvgIpc) is 2.68. The Balaban J connectivity index is 1.91.